The molecule has 0 aliphatic heterocycles. The molecule has 0 bridgehead atoms. The molecule has 3 nitrogen and oxygen atoms in total. The number of carbonyl (C=O) groups is 1. The van der Waals surface area contributed by atoms with Crippen molar-refractivity contribution in [3.63, 3.8) is 0 Å². The van der Waals surface area contributed by atoms with Crippen molar-refractivity contribution in [1.29, 1.82) is 0 Å². The first-order valence-corrected chi connectivity index (χ1v) is 4.84. The van der Waals surface area contributed by atoms with Crippen molar-refractivity contribution in [3.8, 4) is 0 Å². The standard InChI is InChI=1S/C12H16N2O/c1-5-10(15)14-12(3,4)11-9(2)7-6-8-13-11/h5-8H,1H2,2-4H3,(H,14,15). The predicted molar refractivity (Wildman–Crippen MR) is 60.3 cm³/mol. The highest BCUT2D eigenvalue weighted by Crippen LogP contribution is 2.20. The van der Waals surface area contributed by atoms with Gasteiger partial charge >= 0.3 is 0 Å². The van der Waals surface area contributed by atoms with Crippen LogP contribution in [0.15, 0.2) is 31.0 Å². The van der Waals surface area contributed by atoms with Crippen LogP contribution < -0.4 is 5.32 Å². The van der Waals surface area contributed by atoms with Crippen LogP contribution in [0.1, 0.15) is 25.1 Å². The average Bonchev–Trinajstić information content (AvgIpc) is 2.17. The molecule has 0 unspecified atom stereocenters. The van der Waals surface area contributed by atoms with Gasteiger partial charge in [-0.25, -0.2) is 0 Å². The van der Waals surface area contributed by atoms with Gasteiger partial charge in [0.1, 0.15) is 0 Å². The van der Waals surface area contributed by atoms with E-state index in [4.69, 9.17) is 0 Å². The van der Waals surface area contributed by atoms with Gasteiger partial charge in [0, 0.05) is 6.20 Å². The van der Waals surface area contributed by atoms with Gasteiger partial charge in [-0.05, 0) is 38.5 Å². The van der Waals surface area contributed by atoms with Crippen molar-refractivity contribution in [2.75, 3.05) is 0 Å². The van der Waals surface area contributed by atoms with Crippen LogP contribution in [0.2, 0.25) is 0 Å². The van der Waals surface area contributed by atoms with Crippen LogP contribution >= 0.6 is 0 Å². The lowest BCUT2D eigenvalue weighted by Gasteiger charge is -2.26. The molecular formula is C12H16N2O. The van der Waals surface area contributed by atoms with Gasteiger partial charge in [-0.1, -0.05) is 12.6 Å². The summed E-state index contributed by atoms with van der Waals surface area (Å²) in [7, 11) is 0. The second-order valence-corrected chi connectivity index (χ2v) is 3.99. The molecule has 0 aliphatic carbocycles. The SMILES string of the molecule is C=CC(=O)NC(C)(C)c1ncccc1C. The van der Waals surface area contributed by atoms with Crippen LogP contribution in [0.4, 0.5) is 0 Å². The van der Waals surface area contributed by atoms with E-state index in [2.05, 4.69) is 16.9 Å². The van der Waals surface area contributed by atoms with Crippen LogP contribution in [-0.4, -0.2) is 10.9 Å². The lowest BCUT2D eigenvalue weighted by atomic mass is 9.96. The Morgan fingerprint density at radius 2 is 2.27 bits per heavy atom. The Morgan fingerprint density at radius 3 is 2.80 bits per heavy atom. The van der Waals surface area contributed by atoms with Crippen LogP contribution in [0.5, 0.6) is 0 Å². The zero-order valence-corrected chi connectivity index (χ0v) is 9.37. The molecule has 1 aromatic rings. The number of hydrogen-bond donors (Lipinski definition) is 1. The summed E-state index contributed by atoms with van der Waals surface area (Å²) in [5.41, 5.74) is 1.46. The molecule has 1 N–H and O–H groups in total. The average molecular weight is 204 g/mol. The molecule has 0 fully saturated rings. The molecule has 1 amide bonds. The lowest BCUT2D eigenvalue weighted by molar-refractivity contribution is -0.118. The number of pyridine rings is 1. The van der Waals surface area contributed by atoms with Gasteiger partial charge in [0.25, 0.3) is 0 Å². The summed E-state index contributed by atoms with van der Waals surface area (Å²) in [5.74, 6) is -0.190. The normalized spacial score (nSPS) is 10.9. The fourth-order valence-corrected chi connectivity index (χ4v) is 1.56. The fourth-order valence-electron chi connectivity index (χ4n) is 1.56. The second kappa shape index (κ2) is 4.26. The molecule has 0 saturated carbocycles. The zero-order valence-electron chi connectivity index (χ0n) is 9.37. The number of rotatable bonds is 3. The number of aromatic nitrogens is 1. The maximum absolute atomic E-state index is 11.3. The minimum atomic E-state index is -0.476. The Bertz CT molecular complexity index is 383. The van der Waals surface area contributed by atoms with Crippen molar-refractivity contribution in [2.24, 2.45) is 0 Å². The number of nitrogens with zero attached hydrogens (tertiary/aromatic N) is 1. The highest BCUT2D eigenvalue weighted by molar-refractivity contribution is 5.87. The first-order chi connectivity index (χ1) is 6.97. The van der Waals surface area contributed by atoms with E-state index < -0.39 is 5.54 Å². The van der Waals surface area contributed by atoms with Gasteiger partial charge in [-0.3, -0.25) is 9.78 Å². The molecule has 3 heteroatoms. The van der Waals surface area contributed by atoms with E-state index in [1.165, 1.54) is 6.08 Å². The molecule has 80 valence electrons. The monoisotopic (exact) mass is 204 g/mol. The molecule has 0 radical (unpaired) electrons. The van der Waals surface area contributed by atoms with Crippen LogP contribution in [0.3, 0.4) is 0 Å². The van der Waals surface area contributed by atoms with Gasteiger partial charge in [-0.2, -0.15) is 0 Å². The Hall–Kier alpha value is -1.64. The number of nitrogens with one attached hydrogen (secondary N) is 1. The first-order valence-electron chi connectivity index (χ1n) is 4.84. The smallest absolute Gasteiger partial charge is 0.244 e. The second-order valence-electron chi connectivity index (χ2n) is 3.99. The molecule has 0 aromatic carbocycles. The quantitative estimate of drug-likeness (QED) is 0.764. The third kappa shape index (κ3) is 2.65. The summed E-state index contributed by atoms with van der Waals surface area (Å²) in [4.78, 5) is 15.5. The molecule has 0 spiro atoms. The third-order valence-electron chi connectivity index (χ3n) is 2.22. The van der Waals surface area contributed by atoms with Crippen LogP contribution in [0, 0.1) is 6.92 Å². The minimum absolute atomic E-state index is 0.190. The lowest BCUT2D eigenvalue weighted by Crippen LogP contribution is -2.41. The maximum Gasteiger partial charge on any atom is 0.244 e. The fraction of sp³-hybridized carbons (Fsp3) is 0.333. The van der Waals surface area contributed by atoms with Crippen LogP contribution in [-0.2, 0) is 10.3 Å². The molecule has 1 aromatic heterocycles. The Balaban J connectivity index is 3.00. The third-order valence-corrected chi connectivity index (χ3v) is 2.22. The number of hydrogen-bond acceptors (Lipinski definition) is 2. The summed E-state index contributed by atoms with van der Waals surface area (Å²) in [6.45, 7) is 9.25. The number of carbonyl (C=O) groups excluding carboxylic acids is 1. The largest absolute Gasteiger partial charge is 0.342 e. The molecule has 0 aliphatic rings. The Kier molecular flexibility index (Phi) is 3.24. The van der Waals surface area contributed by atoms with E-state index >= 15 is 0 Å². The predicted octanol–water partition coefficient (Wildman–Crippen LogP) is 1.93. The van der Waals surface area contributed by atoms with Crippen LogP contribution in [0.25, 0.3) is 0 Å². The molecule has 0 saturated heterocycles. The van der Waals surface area contributed by atoms with E-state index in [9.17, 15) is 4.79 Å². The molecule has 15 heavy (non-hydrogen) atoms. The van der Waals surface area contributed by atoms with Crippen molar-refractivity contribution in [3.05, 3.63) is 42.2 Å². The first kappa shape index (κ1) is 11.4. The van der Waals surface area contributed by atoms with Gasteiger partial charge < -0.3 is 5.32 Å². The Morgan fingerprint density at radius 1 is 1.60 bits per heavy atom. The van der Waals surface area contributed by atoms with Crippen molar-refractivity contribution in [2.45, 2.75) is 26.3 Å². The summed E-state index contributed by atoms with van der Waals surface area (Å²) < 4.78 is 0. The summed E-state index contributed by atoms with van der Waals surface area (Å²) in [6, 6.07) is 3.86. The van der Waals surface area contributed by atoms with E-state index in [0.717, 1.165) is 11.3 Å². The number of aryl methyl sites for hydroxylation is 1. The molecular weight excluding hydrogens is 188 g/mol. The Labute approximate surface area is 90.2 Å². The van der Waals surface area contributed by atoms with Gasteiger partial charge in [-0.15, -0.1) is 0 Å². The minimum Gasteiger partial charge on any atom is -0.342 e. The van der Waals surface area contributed by atoms with E-state index in [0.29, 0.717) is 0 Å². The summed E-state index contributed by atoms with van der Waals surface area (Å²) in [6.07, 6.45) is 2.99. The van der Waals surface area contributed by atoms with Gasteiger partial charge in [0.15, 0.2) is 0 Å². The van der Waals surface area contributed by atoms with Gasteiger partial charge in [0.05, 0.1) is 11.2 Å². The van der Waals surface area contributed by atoms with Crippen molar-refractivity contribution < 1.29 is 4.79 Å². The molecule has 1 heterocycles. The van der Waals surface area contributed by atoms with E-state index in [-0.39, 0.29) is 5.91 Å². The summed E-state index contributed by atoms with van der Waals surface area (Å²) >= 11 is 0. The van der Waals surface area contributed by atoms with E-state index in [1.54, 1.807) is 6.20 Å². The topological polar surface area (TPSA) is 42.0 Å². The molecule has 1 rings (SSSR count). The van der Waals surface area contributed by atoms with Crippen molar-refractivity contribution >= 4 is 5.91 Å². The zero-order chi connectivity index (χ0) is 11.5. The summed E-state index contributed by atoms with van der Waals surface area (Å²) in [5, 5.41) is 2.84. The molecule has 0 atom stereocenters. The highest BCUT2D eigenvalue weighted by atomic mass is 16.1. The maximum atomic E-state index is 11.3. The van der Waals surface area contributed by atoms with Gasteiger partial charge in [0.2, 0.25) is 5.91 Å². The highest BCUT2D eigenvalue weighted by Gasteiger charge is 2.24. The number of amides is 1. The van der Waals surface area contributed by atoms with E-state index in [1.807, 2.05) is 32.9 Å². The van der Waals surface area contributed by atoms with Crippen molar-refractivity contribution in [1.82, 2.24) is 10.3 Å².